The highest BCUT2D eigenvalue weighted by molar-refractivity contribution is 5.02. The molecule has 0 aromatic rings. The minimum Gasteiger partial charge on any atom is -0.198 e. The summed E-state index contributed by atoms with van der Waals surface area (Å²) in [7, 11) is 0. The molecule has 1 heteroatoms. The van der Waals surface area contributed by atoms with Crippen LogP contribution in [0, 0.1) is 34.5 Å². The summed E-state index contributed by atoms with van der Waals surface area (Å²) in [4.78, 5) is 0. The normalized spacial score (nSPS) is 30.2. The van der Waals surface area contributed by atoms with Gasteiger partial charge in [0.25, 0.3) is 0 Å². The van der Waals surface area contributed by atoms with Crippen LogP contribution in [0.1, 0.15) is 149 Å². The highest BCUT2D eigenvalue weighted by atomic mass is 14.4. The average Bonchev–Trinajstić information content (AvgIpc) is 2.77. The van der Waals surface area contributed by atoms with E-state index < -0.39 is 0 Å². The first-order valence-corrected chi connectivity index (χ1v) is 13.6. The van der Waals surface area contributed by atoms with E-state index in [0.717, 1.165) is 17.8 Å². The molecule has 0 aliphatic heterocycles. The molecule has 0 amide bonds. The van der Waals surface area contributed by atoms with Gasteiger partial charge in [-0.15, -0.1) is 0 Å². The fourth-order valence-corrected chi connectivity index (χ4v) is 6.31. The van der Waals surface area contributed by atoms with Crippen LogP contribution in [0.4, 0.5) is 0 Å². The van der Waals surface area contributed by atoms with Gasteiger partial charge in [-0.25, -0.2) is 0 Å². The molecule has 0 heterocycles. The van der Waals surface area contributed by atoms with E-state index >= 15 is 0 Å². The SMILES string of the molecule is CCCCCCCCC[C@]1(C#N)CC[C@@H](C2CCC(CCCCCC)CC2)CC1. The van der Waals surface area contributed by atoms with Crippen LogP contribution in [0.5, 0.6) is 0 Å². The Morgan fingerprint density at radius 3 is 1.76 bits per heavy atom. The van der Waals surface area contributed by atoms with Crippen molar-refractivity contribution in [3.63, 3.8) is 0 Å². The largest absolute Gasteiger partial charge is 0.198 e. The Hall–Kier alpha value is -0.510. The Labute approximate surface area is 183 Å². The molecule has 0 atom stereocenters. The van der Waals surface area contributed by atoms with Gasteiger partial charge in [-0.05, 0) is 62.7 Å². The van der Waals surface area contributed by atoms with Crippen molar-refractivity contribution in [3.8, 4) is 6.07 Å². The van der Waals surface area contributed by atoms with Gasteiger partial charge in [0.05, 0.1) is 11.5 Å². The van der Waals surface area contributed by atoms with E-state index in [2.05, 4.69) is 19.9 Å². The molecular formula is C28H51N. The lowest BCUT2D eigenvalue weighted by atomic mass is 9.63. The number of nitrogens with zero attached hydrogens (tertiary/aromatic N) is 1. The Balaban J connectivity index is 1.60. The zero-order chi connectivity index (χ0) is 20.8. The van der Waals surface area contributed by atoms with Crippen molar-refractivity contribution in [1.29, 1.82) is 5.26 Å². The van der Waals surface area contributed by atoms with Gasteiger partial charge < -0.3 is 0 Å². The Kier molecular flexibility index (Phi) is 12.4. The van der Waals surface area contributed by atoms with Crippen molar-refractivity contribution in [2.45, 2.75) is 149 Å². The van der Waals surface area contributed by atoms with E-state index in [9.17, 15) is 5.26 Å². The summed E-state index contributed by atoms with van der Waals surface area (Å²) in [5.74, 6) is 2.95. The summed E-state index contributed by atoms with van der Waals surface area (Å²) < 4.78 is 0. The summed E-state index contributed by atoms with van der Waals surface area (Å²) in [6.07, 6.45) is 29.0. The number of rotatable bonds is 14. The number of unbranched alkanes of at least 4 members (excludes halogenated alkanes) is 9. The van der Waals surface area contributed by atoms with Crippen LogP contribution in [0.2, 0.25) is 0 Å². The van der Waals surface area contributed by atoms with Crippen molar-refractivity contribution in [1.82, 2.24) is 0 Å². The van der Waals surface area contributed by atoms with Crippen LogP contribution in [0.25, 0.3) is 0 Å². The molecule has 2 aliphatic carbocycles. The summed E-state index contributed by atoms with van der Waals surface area (Å²) in [5, 5.41) is 9.92. The summed E-state index contributed by atoms with van der Waals surface area (Å²) >= 11 is 0. The highest BCUT2D eigenvalue weighted by Gasteiger charge is 2.38. The third kappa shape index (κ3) is 9.02. The Morgan fingerprint density at radius 2 is 1.17 bits per heavy atom. The third-order valence-electron chi connectivity index (χ3n) is 8.51. The van der Waals surface area contributed by atoms with Crippen LogP contribution in [-0.2, 0) is 0 Å². The van der Waals surface area contributed by atoms with E-state index in [0.29, 0.717) is 0 Å². The fourth-order valence-electron chi connectivity index (χ4n) is 6.31. The van der Waals surface area contributed by atoms with Crippen LogP contribution in [0.3, 0.4) is 0 Å². The maximum Gasteiger partial charge on any atom is 0.0689 e. The summed E-state index contributed by atoms with van der Waals surface area (Å²) in [6, 6.07) is 2.79. The van der Waals surface area contributed by atoms with Gasteiger partial charge in [-0.1, -0.05) is 104 Å². The van der Waals surface area contributed by atoms with Crippen molar-refractivity contribution >= 4 is 0 Å². The zero-order valence-electron chi connectivity index (χ0n) is 20.0. The zero-order valence-corrected chi connectivity index (χ0v) is 20.0. The molecule has 0 bridgehead atoms. The third-order valence-corrected chi connectivity index (χ3v) is 8.51. The Morgan fingerprint density at radius 1 is 0.655 bits per heavy atom. The first-order valence-electron chi connectivity index (χ1n) is 13.6. The molecule has 0 aromatic heterocycles. The molecule has 0 N–H and O–H groups in total. The minimum atomic E-state index is 0.0381. The van der Waals surface area contributed by atoms with E-state index in [1.807, 2.05) is 0 Å². The van der Waals surface area contributed by atoms with E-state index in [4.69, 9.17) is 0 Å². The first-order chi connectivity index (χ1) is 14.2. The lowest BCUT2D eigenvalue weighted by molar-refractivity contribution is 0.114. The molecule has 2 aliphatic rings. The number of hydrogen-bond donors (Lipinski definition) is 0. The van der Waals surface area contributed by atoms with Gasteiger partial charge in [0, 0.05) is 0 Å². The minimum absolute atomic E-state index is 0.0381. The van der Waals surface area contributed by atoms with Gasteiger partial charge in [0.15, 0.2) is 0 Å². The monoisotopic (exact) mass is 401 g/mol. The first kappa shape index (κ1) is 24.8. The predicted molar refractivity (Wildman–Crippen MR) is 127 cm³/mol. The lowest BCUT2D eigenvalue weighted by Crippen LogP contribution is -2.31. The topological polar surface area (TPSA) is 23.8 Å². The maximum absolute atomic E-state index is 9.92. The second-order valence-electron chi connectivity index (χ2n) is 10.7. The van der Waals surface area contributed by atoms with Crippen molar-refractivity contribution in [2.24, 2.45) is 23.2 Å². The van der Waals surface area contributed by atoms with Crippen LogP contribution in [0.15, 0.2) is 0 Å². The average molecular weight is 402 g/mol. The summed E-state index contributed by atoms with van der Waals surface area (Å²) in [5.41, 5.74) is 0.0381. The number of hydrogen-bond acceptors (Lipinski definition) is 1. The second-order valence-corrected chi connectivity index (χ2v) is 10.7. The molecule has 2 fully saturated rings. The van der Waals surface area contributed by atoms with Gasteiger partial charge in [-0.3, -0.25) is 0 Å². The van der Waals surface area contributed by atoms with Gasteiger partial charge in [0.1, 0.15) is 0 Å². The van der Waals surface area contributed by atoms with E-state index in [-0.39, 0.29) is 5.41 Å². The molecule has 168 valence electrons. The van der Waals surface area contributed by atoms with Gasteiger partial charge in [0.2, 0.25) is 0 Å². The molecule has 0 aromatic carbocycles. The van der Waals surface area contributed by atoms with Gasteiger partial charge >= 0.3 is 0 Å². The standard InChI is InChI=1S/C28H51N/c1-3-5-7-9-10-11-13-21-28(24-29)22-19-27(20-23-28)26-17-15-25(16-18-26)14-12-8-6-4-2/h25-27H,3-23H2,1-2H3/t25?,26?,27-,28+. The van der Waals surface area contributed by atoms with Gasteiger partial charge in [-0.2, -0.15) is 5.26 Å². The fraction of sp³-hybridized carbons (Fsp3) is 0.964. The molecule has 0 radical (unpaired) electrons. The molecule has 29 heavy (non-hydrogen) atoms. The number of nitriles is 1. The van der Waals surface area contributed by atoms with Crippen molar-refractivity contribution in [3.05, 3.63) is 0 Å². The summed E-state index contributed by atoms with van der Waals surface area (Å²) in [6.45, 7) is 4.60. The van der Waals surface area contributed by atoms with Crippen molar-refractivity contribution < 1.29 is 0 Å². The molecule has 2 saturated carbocycles. The lowest BCUT2D eigenvalue weighted by Gasteiger charge is -2.41. The molecule has 0 spiro atoms. The van der Waals surface area contributed by atoms with Crippen LogP contribution >= 0.6 is 0 Å². The van der Waals surface area contributed by atoms with Crippen LogP contribution < -0.4 is 0 Å². The molecule has 1 nitrogen and oxygen atoms in total. The van der Waals surface area contributed by atoms with Crippen LogP contribution in [-0.4, -0.2) is 0 Å². The highest BCUT2D eigenvalue weighted by Crippen LogP contribution is 2.47. The molecule has 0 saturated heterocycles. The molecular weight excluding hydrogens is 350 g/mol. The maximum atomic E-state index is 9.92. The quantitative estimate of drug-likeness (QED) is 0.266. The molecule has 2 rings (SSSR count). The van der Waals surface area contributed by atoms with E-state index in [1.54, 1.807) is 0 Å². The van der Waals surface area contributed by atoms with Crippen molar-refractivity contribution in [2.75, 3.05) is 0 Å². The Bertz CT molecular complexity index is 432. The van der Waals surface area contributed by atoms with E-state index in [1.165, 1.54) is 135 Å². The molecule has 0 unspecified atom stereocenters. The smallest absolute Gasteiger partial charge is 0.0689 e. The predicted octanol–water partition coefficient (Wildman–Crippen LogP) is 9.60. The second kappa shape index (κ2) is 14.5.